The summed E-state index contributed by atoms with van der Waals surface area (Å²) >= 11 is 0. The van der Waals surface area contributed by atoms with Gasteiger partial charge in [0, 0.05) is 12.8 Å². The number of esters is 2. The molecule has 0 bridgehead atoms. The molecule has 0 saturated carbocycles. The fourth-order valence-corrected chi connectivity index (χ4v) is 7.03. The lowest BCUT2D eigenvalue weighted by atomic mass is 10.0. The van der Waals surface area contributed by atoms with Crippen LogP contribution in [0.5, 0.6) is 0 Å². The van der Waals surface area contributed by atoms with Gasteiger partial charge >= 0.3 is 19.8 Å². The van der Waals surface area contributed by atoms with Gasteiger partial charge in [-0.05, 0) is 89.9 Å². The van der Waals surface area contributed by atoms with Gasteiger partial charge in [-0.2, -0.15) is 0 Å². The maximum atomic E-state index is 12.7. The fraction of sp³-hybridized carbons (Fsp3) is 0.667. The monoisotopic (exact) mass is 915 g/mol. The Hall–Kier alpha value is -3.07. The average molecular weight is 915 g/mol. The largest absolute Gasteiger partial charge is 0.472 e. The number of phosphoric ester groups is 1. The number of quaternary nitrogens is 1. The second-order valence-corrected chi connectivity index (χ2v) is 18.9. The van der Waals surface area contributed by atoms with Gasteiger partial charge in [0.15, 0.2) is 6.10 Å². The maximum Gasteiger partial charge on any atom is 0.472 e. The number of carbonyl (C=O) groups excluding carboxylic acids is 2. The van der Waals surface area contributed by atoms with Crippen LogP contribution in [-0.2, 0) is 32.7 Å². The second kappa shape index (κ2) is 45.1. The molecule has 10 heteroatoms. The number of hydrogen-bond acceptors (Lipinski definition) is 7. The van der Waals surface area contributed by atoms with Crippen molar-refractivity contribution in [1.82, 2.24) is 0 Å². The summed E-state index contributed by atoms with van der Waals surface area (Å²) in [4.78, 5) is 35.5. The third kappa shape index (κ3) is 48.4. The first-order valence-corrected chi connectivity index (χ1v) is 26.5. The van der Waals surface area contributed by atoms with Crippen LogP contribution in [0.2, 0.25) is 0 Å². The number of likely N-dealkylation sites (N-methyl/N-ethyl adjacent to an activating group) is 1. The van der Waals surface area contributed by atoms with Crippen molar-refractivity contribution < 1.29 is 42.1 Å². The lowest BCUT2D eigenvalue weighted by Gasteiger charge is -2.24. The highest BCUT2D eigenvalue weighted by atomic mass is 31.2. The molecule has 0 aliphatic rings. The summed E-state index contributed by atoms with van der Waals surface area (Å²) in [6.07, 6.45) is 60.4. The highest BCUT2D eigenvalue weighted by Gasteiger charge is 2.27. The van der Waals surface area contributed by atoms with Crippen LogP contribution in [0, 0.1) is 0 Å². The van der Waals surface area contributed by atoms with Crippen molar-refractivity contribution in [1.29, 1.82) is 0 Å². The number of allylic oxidation sites excluding steroid dienone is 16. The minimum atomic E-state index is -4.39. The van der Waals surface area contributed by atoms with Gasteiger partial charge in [-0.25, -0.2) is 4.57 Å². The SMILES string of the molecule is CC/C=C\C/C=C\C/C=C\C/C=C\C/C=C\CCCCCCCCCCCCCC(=O)OC(COC(=O)CCCCC/C=C\C/C=C\C/C=C\CC)COP(=O)(O)OCC[N+](C)(C)C. The molecule has 0 aromatic heterocycles. The number of ether oxygens (including phenoxy) is 2. The molecule has 0 aromatic carbocycles. The molecule has 0 saturated heterocycles. The molecule has 0 spiro atoms. The zero-order valence-electron chi connectivity index (χ0n) is 41.2. The molecule has 0 radical (unpaired) electrons. The molecule has 64 heavy (non-hydrogen) atoms. The Bertz CT molecular complexity index is 1400. The third-order valence-electron chi connectivity index (χ3n) is 10.1. The number of unbranched alkanes of at least 4 members (excludes halogenated alkanes) is 14. The Kier molecular flexibility index (Phi) is 42.9. The van der Waals surface area contributed by atoms with Crippen molar-refractivity contribution in [2.24, 2.45) is 0 Å². The van der Waals surface area contributed by atoms with Gasteiger partial charge in [0.05, 0.1) is 27.7 Å². The van der Waals surface area contributed by atoms with Gasteiger partial charge in [-0.15, -0.1) is 0 Å². The van der Waals surface area contributed by atoms with Gasteiger partial charge in [0.2, 0.25) is 0 Å². The van der Waals surface area contributed by atoms with Crippen molar-refractivity contribution in [3.8, 4) is 0 Å². The van der Waals surface area contributed by atoms with Crippen LogP contribution >= 0.6 is 7.82 Å². The first-order valence-electron chi connectivity index (χ1n) is 25.0. The predicted octanol–water partition coefficient (Wildman–Crippen LogP) is 14.9. The molecule has 0 aliphatic heterocycles. The van der Waals surface area contributed by atoms with Gasteiger partial charge in [-0.1, -0.05) is 175 Å². The normalized spacial score (nSPS) is 14.3. The molecular formula is C54H93NO8P+. The molecule has 2 atom stereocenters. The van der Waals surface area contributed by atoms with Gasteiger partial charge in [-0.3, -0.25) is 18.6 Å². The number of hydrogen-bond donors (Lipinski definition) is 1. The van der Waals surface area contributed by atoms with Crippen molar-refractivity contribution in [3.05, 3.63) is 97.2 Å². The number of phosphoric acid groups is 1. The lowest BCUT2D eigenvalue weighted by Crippen LogP contribution is -2.37. The summed E-state index contributed by atoms with van der Waals surface area (Å²) in [6, 6.07) is 0. The van der Waals surface area contributed by atoms with Crippen molar-refractivity contribution in [2.75, 3.05) is 47.5 Å². The van der Waals surface area contributed by atoms with E-state index in [0.29, 0.717) is 23.9 Å². The van der Waals surface area contributed by atoms with Gasteiger partial charge in [0.1, 0.15) is 19.8 Å². The van der Waals surface area contributed by atoms with Gasteiger partial charge in [0.25, 0.3) is 0 Å². The van der Waals surface area contributed by atoms with E-state index in [9.17, 15) is 19.0 Å². The summed E-state index contributed by atoms with van der Waals surface area (Å²) in [6.45, 7) is 4.14. The Balaban J connectivity index is 4.24. The fourth-order valence-electron chi connectivity index (χ4n) is 6.29. The minimum Gasteiger partial charge on any atom is -0.462 e. The molecule has 0 aliphatic carbocycles. The van der Waals surface area contributed by atoms with Crippen molar-refractivity contribution in [3.63, 3.8) is 0 Å². The highest BCUT2D eigenvalue weighted by molar-refractivity contribution is 7.47. The first kappa shape index (κ1) is 60.9. The smallest absolute Gasteiger partial charge is 0.462 e. The molecule has 1 N–H and O–H groups in total. The van der Waals surface area contributed by atoms with Crippen LogP contribution in [0.4, 0.5) is 0 Å². The molecule has 2 unspecified atom stereocenters. The molecule has 366 valence electrons. The lowest BCUT2D eigenvalue weighted by molar-refractivity contribution is -0.870. The topological polar surface area (TPSA) is 108 Å². The minimum absolute atomic E-state index is 0.0213. The van der Waals surface area contributed by atoms with Crippen molar-refractivity contribution >= 4 is 19.8 Å². The van der Waals surface area contributed by atoms with E-state index in [1.54, 1.807) is 0 Å². The second-order valence-electron chi connectivity index (χ2n) is 17.4. The Morgan fingerprint density at radius 2 is 0.844 bits per heavy atom. The van der Waals surface area contributed by atoms with Crippen molar-refractivity contribution in [2.45, 2.75) is 187 Å². The van der Waals surface area contributed by atoms with Crippen LogP contribution in [0.15, 0.2) is 97.2 Å². The molecule has 0 amide bonds. The van der Waals surface area contributed by atoms with Crippen LogP contribution in [0.1, 0.15) is 181 Å². The maximum absolute atomic E-state index is 12.7. The van der Waals surface area contributed by atoms with Crippen LogP contribution in [0.25, 0.3) is 0 Å². The zero-order valence-corrected chi connectivity index (χ0v) is 42.1. The average Bonchev–Trinajstić information content (AvgIpc) is 3.25. The van der Waals surface area contributed by atoms with Crippen LogP contribution in [-0.4, -0.2) is 74.9 Å². The summed E-state index contributed by atoms with van der Waals surface area (Å²) in [5, 5.41) is 0. The Morgan fingerprint density at radius 3 is 1.27 bits per heavy atom. The predicted molar refractivity (Wildman–Crippen MR) is 270 cm³/mol. The summed E-state index contributed by atoms with van der Waals surface area (Å²) in [7, 11) is 1.44. The summed E-state index contributed by atoms with van der Waals surface area (Å²) in [5.41, 5.74) is 0. The van der Waals surface area contributed by atoms with E-state index in [4.69, 9.17) is 18.5 Å². The van der Waals surface area contributed by atoms with E-state index in [1.807, 2.05) is 21.1 Å². The van der Waals surface area contributed by atoms with Crippen LogP contribution < -0.4 is 0 Å². The van der Waals surface area contributed by atoms with E-state index in [2.05, 4.69) is 111 Å². The van der Waals surface area contributed by atoms with E-state index in [0.717, 1.165) is 96.3 Å². The number of rotatable bonds is 44. The molecule has 0 aromatic rings. The van der Waals surface area contributed by atoms with Crippen LogP contribution in [0.3, 0.4) is 0 Å². The number of nitrogens with zero attached hydrogens (tertiary/aromatic N) is 1. The zero-order chi connectivity index (χ0) is 47.1. The molecular weight excluding hydrogens is 822 g/mol. The Labute approximate surface area is 392 Å². The third-order valence-corrected chi connectivity index (χ3v) is 11.1. The van der Waals surface area contributed by atoms with E-state index in [1.165, 1.54) is 44.9 Å². The highest BCUT2D eigenvalue weighted by Crippen LogP contribution is 2.43. The van der Waals surface area contributed by atoms with E-state index < -0.39 is 32.5 Å². The summed E-state index contributed by atoms with van der Waals surface area (Å²) in [5.74, 6) is -0.843. The van der Waals surface area contributed by atoms with Gasteiger partial charge < -0.3 is 18.9 Å². The van der Waals surface area contributed by atoms with E-state index in [-0.39, 0.29) is 26.1 Å². The quantitative estimate of drug-likeness (QED) is 0.0212. The molecule has 0 fully saturated rings. The number of carbonyl (C=O) groups is 2. The Morgan fingerprint density at radius 1 is 0.484 bits per heavy atom. The standard InChI is InChI=1S/C54H92NO8P/c1-6-8-10-12-14-16-18-20-21-22-23-24-25-26-27-28-29-30-31-32-33-35-37-39-41-43-45-47-54(57)63-52(51-62-64(58,59)61-49-48-55(3,4)5)50-60-53(56)46-44-42-40-38-36-34-19-17-15-13-11-9-7-2/h8-11,14-17,20-21,23-24,26-27,34,36,52H,6-7,12-13,18-19,22,25,28-33,35,37-51H2,1-5H3/p+1/b10-8-,11-9-,16-14-,17-15-,21-20-,24-23-,27-26-,36-34-. The molecule has 9 nitrogen and oxygen atoms in total. The first-order chi connectivity index (χ1) is 31.0. The van der Waals surface area contributed by atoms with E-state index >= 15 is 0 Å². The molecule has 0 heterocycles. The summed E-state index contributed by atoms with van der Waals surface area (Å²) < 4.78 is 34.4. The molecule has 0 rings (SSSR count).